The zero-order chi connectivity index (χ0) is 12.6. The Kier molecular flexibility index (Phi) is 3.24. The van der Waals surface area contributed by atoms with Gasteiger partial charge in [0.1, 0.15) is 0 Å². The molecule has 0 radical (unpaired) electrons. The Morgan fingerprint density at radius 2 is 2.06 bits per heavy atom. The summed E-state index contributed by atoms with van der Waals surface area (Å²) in [6, 6.07) is 5.24. The molecule has 90 valence electrons. The lowest BCUT2D eigenvalue weighted by atomic mass is 10.1. The Hall–Kier alpha value is -1.29. The van der Waals surface area contributed by atoms with E-state index in [2.05, 4.69) is 20.9 Å². The summed E-state index contributed by atoms with van der Waals surface area (Å²) in [6.45, 7) is 5.83. The van der Waals surface area contributed by atoms with Crippen LogP contribution >= 0.6 is 15.9 Å². The van der Waals surface area contributed by atoms with Gasteiger partial charge in [-0.2, -0.15) is 0 Å². The van der Waals surface area contributed by atoms with Crippen LogP contribution in [-0.2, 0) is 0 Å². The van der Waals surface area contributed by atoms with Crippen LogP contribution < -0.4 is 10.2 Å². The van der Waals surface area contributed by atoms with Gasteiger partial charge in [0, 0.05) is 15.9 Å². The van der Waals surface area contributed by atoms with Crippen molar-refractivity contribution >= 4 is 26.8 Å². The van der Waals surface area contributed by atoms with Crippen molar-refractivity contribution < 1.29 is 4.74 Å². The molecule has 0 aliphatic carbocycles. The first-order chi connectivity index (χ1) is 7.99. The van der Waals surface area contributed by atoms with Gasteiger partial charge in [-0.1, -0.05) is 6.07 Å². The second-order valence-electron chi connectivity index (χ2n) is 4.28. The van der Waals surface area contributed by atoms with Crippen LogP contribution in [0.3, 0.4) is 0 Å². The van der Waals surface area contributed by atoms with Gasteiger partial charge in [-0.25, -0.2) is 0 Å². The molecular weight excluding hydrogens is 282 g/mol. The zero-order valence-electron chi connectivity index (χ0n) is 10.0. The van der Waals surface area contributed by atoms with E-state index in [1.807, 2.05) is 32.9 Å². The molecule has 0 atom stereocenters. The molecule has 2 aromatic rings. The number of hydrogen-bond donors (Lipinski definition) is 1. The van der Waals surface area contributed by atoms with Crippen LogP contribution in [0.1, 0.15) is 19.4 Å². The number of ether oxygens (including phenoxy) is 1. The minimum Gasteiger partial charge on any atom is -0.476 e. The van der Waals surface area contributed by atoms with Gasteiger partial charge in [0.15, 0.2) is 11.3 Å². The molecule has 0 amide bonds. The molecule has 0 aliphatic rings. The second kappa shape index (κ2) is 4.53. The van der Waals surface area contributed by atoms with Crippen molar-refractivity contribution in [2.45, 2.75) is 26.9 Å². The number of rotatable bonds is 2. The number of pyridine rings is 1. The van der Waals surface area contributed by atoms with E-state index in [1.165, 1.54) is 6.07 Å². The monoisotopic (exact) mass is 295 g/mol. The van der Waals surface area contributed by atoms with E-state index in [0.717, 1.165) is 15.6 Å². The van der Waals surface area contributed by atoms with Crippen molar-refractivity contribution in [3.63, 3.8) is 0 Å². The number of aromatic amines is 1. The summed E-state index contributed by atoms with van der Waals surface area (Å²) in [5, 5.41) is 0.665. The number of hydrogen-bond acceptors (Lipinski definition) is 2. The van der Waals surface area contributed by atoms with Crippen molar-refractivity contribution in [1.29, 1.82) is 0 Å². The van der Waals surface area contributed by atoms with Gasteiger partial charge < -0.3 is 9.72 Å². The van der Waals surface area contributed by atoms with E-state index in [0.29, 0.717) is 11.3 Å². The minimum atomic E-state index is -0.0323. The maximum absolute atomic E-state index is 11.9. The number of benzene rings is 1. The van der Waals surface area contributed by atoms with Crippen LogP contribution in [0.5, 0.6) is 5.88 Å². The summed E-state index contributed by atoms with van der Waals surface area (Å²) in [5.74, 6) is 0.504. The quantitative estimate of drug-likeness (QED) is 0.923. The Balaban J connectivity index is 2.70. The molecule has 3 nitrogen and oxygen atoms in total. The highest BCUT2D eigenvalue weighted by atomic mass is 79.9. The molecule has 0 fully saturated rings. The average molecular weight is 296 g/mol. The van der Waals surface area contributed by atoms with Crippen molar-refractivity contribution in [3.05, 3.63) is 38.5 Å². The molecule has 0 spiro atoms. The molecule has 1 heterocycles. The molecule has 2 rings (SSSR count). The molecule has 1 aromatic carbocycles. The van der Waals surface area contributed by atoms with Crippen LogP contribution in [0, 0.1) is 6.92 Å². The molecule has 0 saturated carbocycles. The van der Waals surface area contributed by atoms with E-state index < -0.39 is 0 Å². The predicted molar refractivity (Wildman–Crippen MR) is 72.8 cm³/mol. The minimum absolute atomic E-state index is 0.0323. The molecule has 0 aliphatic heterocycles. The first-order valence-electron chi connectivity index (χ1n) is 5.48. The number of halogens is 1. The van der Waals surface area contributed by atoms with Gasteiger partial charge in [0.2, 0.25) is 0 Å². The number of fused-ring (bicyclic) bond motifs is 1. The maximum atomic E-state index is 11.9. The SMILES string of the molecule is Cc1ccc2c(=O)cc(OC(C)C)[nH]c2c1Br. The van der Waals surface area contributed by atoms with Gasteiger partial charge in [0.05, 0.1) is 11.6 Å². The average Bonchev–Trinajstić information content (AvgIpc) is 2.23. The van der Waals surface area contributed by atoms with Gasteiger partial charge >= 0.3 is 0 Å². The number of aryl methyl sites for hydroxylation is 1. The lowest BCUT2D eigenvalue weighted by Crippen LogP contribution is -2.11. The van der Waals surface area contributed by atoms with Crippen LogP contribution in [0.25, 0.3) is 10.9 Å². The van der Waals surface area contributed by atoms with Gasteiger partial charge in [-0.3, -0.25) is 4.79 Å². The highest BCUT2D eigenvalue weighted by Crippen LogP contribution is 2.25. The van der Waals surface area contributed by atoms with Crippen LogP contribution in [-0.4, -0.2) is 11.1 Å². The third-order valence-electron chi connectivity index (χ3n) is 2.47. The molecule has 0 saturated heterocycles. The molecular formula is C13H14BrNO2. The lowest BCUT2D eigenvalue weighted by molar-refractivity contribution is 0.233. The summed E-state index contributed by atoms with van der Waals surface area (Å²) in [6.07, 6.45) is 0.0340. The molecule has 0 bridgehead atoms. The number of aromatic nitrogens is 1. The summed E-state index contributed by atoms with van der Waals surface area (Å²) in [7, 11) is 0. The fourth-order valence-electron chi connectivity index (χ4n) is 1.68. The molecule has 0 unspecified atom stereocenters. The fourth-order valence-corrected chi connectivity index (χ4v) is 2.13. The Labute approximate surface area is 108 Å². The van der Waals surface area contributed by atoms with Crippen LogP contribution in [0.2, 0.25) is 0 Å². The Morgan fingerprint density at radius 1 is 1.35 bits per heavy atom. The van der Waals surface area contributed by atoms with E-state index in [4.69, 9.17) is 4.74 Å². The standard InChI is InChI=1S/C13H14BrNO2/c1-7(2)17-11-6-10(16)9-5-4-8(3)12(14)13(9)15-11/h4-7H,1-3H3,(H,15,16). The Bertz CT molecular complexity index is 617. The Morgan fingerprint density at radius 3 is 2.71 bits per heavy atom. The lowest BCUT2D eigenvalue weighted by Gasteiger charge is -2.11. The second-order valence-corrected chi connectivity index (χ2v) is 5.08. The maximum Gasteiger partial charge on any atom is 0.195 e. The third-order valence-corrected chi connectivity index (χ3v) is 3.50. The van der Waals surface area contributed by atoms with Crippen molar-refractivity contribution in [2.24, 2.45) is 0 Å². The number of nitrogens with one attached hydrogen (secondary N) is 1. The fraction of sp³-hybridized carbons (Fsp3) is 0.308. The highest BCUT2D eigenvalue weighted by Gasteiger charge is 2.08. The van der Waals surface area contributed by atoms with Crippen LogP contribution in [0.4, 0.5) is 0 Å². The van der Waals surface area contributed by atoms with Crippen molar-refractivity contribution in [1.82, 2.24) is 4.98 Å². The first-order valence-corrected chi connectivity index (χ1v) is 6.27. The molecule has 1 N–H and O–H groups in total. The van der Waals surface area contributed by atoms with E-state index in [1.54, 1.807) is 0 Å². The topological polar surface area (TPSA) is 42.1 Å². The van der Waals surface area contributed by atoms with E-state index in [9.17, 15) is 4.79 Å². The van der Waals surface area contributed by atoms with Gasteiger partial charge in [-0.15, -0.1) is 0 Å². The van der Waals surface area contributed by atoms with Crippen molar-refractivity contribution in [3.8, 4) is 5.88 Å². The smallest absolute Gasteiger partial charge is 0.195 e. The summed E-state index contributed by atoms with van der Waals surface area (Å²) < 4.78 is 6.43. The zero-order valence-corrected chi connectivity index (χ0v) is 11.6. The highest BCUT2D eigenvalue weighted by molar-refractivity contribution is 9.10. The predicted octanol–water partition coefficient (Wildman–Crippen LogP) is 3.39. The third kappa shape index (κ3) is 2.36. The van der Waals surface area contributed by atoms with Crippen molar-refractivity contribution in [2.75, 3.05) is 0 Å². The van der Waals surface area contributed by atoms with E-state index in [-0.39, 0.29) is 11.5 Å². The summed E-state index contributed by atoms with van der Waals surface area (Å²) in [5.41, 5.74) is 1.83. The first kappa shape index (κ1) is 12.2. The van der Waals surface area contributed by atoms with E-state index >= 15 is 0 Å². The molecule has 4 heteroatoms. The number of H-pyrrole nitrogens is 1. The van der Waals surface area contributed by atoms with Gasteiger partial charge in [-0.05, 0) is 48.3 Å². The molecule has 1 aromatic heterocycles. The summed E-state index contributed by atoms with van der Waals surface area (Å²) in [4.78, 5) is 15.1. The normalized spacial score (nSPS) is 11.1. The van der Waals surface area contributed by atoms with Gasteiger partial charge in [0.25, 0.3) is 0 Å². The largest absolute Gasteiger partial charge is 0.476 e. The summed E-state index contributed by atoms with van der Waals surface area (Å²) >= 11 is 3.49. The van der Waals surface area contributed by atoms with Crippen LogP contribution in [0.15, 0.2) is 27.5 Å². The molecule has 17 heavy (non-hydrogen) atoms.